The van der Waals surface area contributed by atoms with Gasteiger partial charge in [0, 0.05) is 17.8 Å². The van der Waals surface area contributed by atoms with E-state index in [9.17, 15) is 24.3 Å². The second kappa shape index (κ2) is 14.8. The van der Waals surface area contributed by atoms with Gasteiger partial charge in [0.05, 0.1) is 10.4 Å². The number of carboxylic acid groups (broad SMARTS) is 1. The van der Waals surface area contributed by atoms with E-state index in [-0.39, 0.29) is 30.5 Å². The Balaban J connectivity index is 1.32. The molecule has 0 aliphatic rings. The molecule has 1 heterocycles. The summed E-state index contributed by atoms with van der Waals surface area (Å²) in [5.74, 6) is -1.66. The number of aryl methyl sites for hydroxylation is 1. The molecule has 3 aromatic carbocycles. The van der Waals surface area contributed by atoms with Crippen LogP contribution >= 0.6 is 11.3 Å². The van der Waals surface area contributed by atoms with E-state index in [0.717, 1.165) is 21.2 Å². The summed E-state index contributed by atoms with van der Waals surface area (Å²) < 4.78 is 6.21. The Morgan fingerprint density at radius 2 is 1.64 bits per heavy atom. The van der Waals surface area contributed by atoms with Gasteiger partial charge < -0.3 is 25.8 Å². The molecule has 0 fully saturated rings. The van der Waals surface area contributed by atoms with E-state index < -0.39 is 18.1 Å². The van der Waals surface area contributed by atoms with Crippen molar-refractivity contribution in [1.29, 1.82) is 0 Å². The lowest BCUT2D eigenvalue weighted by Gasteiger charge is -2.18. The number of hydrogen-bond acceptors (Lipinski definition) is 6. The number of hydrogen-bond donors (Lipinski definition) is 4. The molecule has 1 aromatic heterocycles. The molecule has 4 aromatic rings. The fourth-order valence-corrected chi connectivity index (χ4v) is 5.40. The second-order valence-electron chi connectivity index (χ2n) is 9.80. The van der Waals surface area contributed by atoms with Gasteiger partial charge in [0.2, 0.25) is 5.91 Å². The van der Waals surface area contributed by atoms with Crippen molar-refractivity contribution in [2.75, 3.05) is 13.1 Å². The largest absolute Gasteiger partial charge is 0.478 e. The first-order valence-corrected chi connectivity index (χ1v) is 14.5. The fraction of sp³-hybridized carbons (Fsp3) is 0.250. The number of rotatable bonds is 13. The van der Waals surface area contributed by atoms with Crippen molar-refractivity contribution in [3.8, 4) is 0 Å². The van der Waals surface area contributed by atoms with Crippen LogP contribution in [0.4, 0.5) is 4.79 Å². The van der Waals surface area contributed by atoms with Gasteiger partial charge in [0.15, 0.2) is 0 Å². The predicted molar refractivity (Wildman–Crippen MR) is 162 cm³/mol. The Morgan fingerprint density at radius 1 is 0.881 bits per heavy atom. The smallest absolute Gasteiger partial charge is 0.407 e. The van der Waals surface area contributed by atoms with Crippen molar-refractivity contribution in [3.05, 3.63) is 106 Å². The summed E-state index contributed by atoms with van der Waals surface area (Å²) in [4.78, 5) is 50.1. The Kier molecular flexibility index (Phi) is 10.7. The first kappa shape index (κ1) is 30.3. The van der Waals surface area contributed by atoms with Crippen molar-refractivity contribution in [1.82, 2.24) is 16.0 Å². The average Bonchev–Trinajstić information content (AvgIpc) is 3.42. The third kappa shape index (κ3) is 8.65. The van der Waals surface area contributed by atoms with E-state index in [1.807, 2.05) is 54.6 Å². The maximum Gasteiger partial charge on any atom is 0.407 e. The molecule has 3 amide bonds. The average molecular weight is 588 g/mol. The summed E-state index contributed by atoms with van der Waals surface area (Å²) >= 11 is 1.36. The quantitative estimate of drug-likeness (QED) is 0.161. The number of benzene rings is 3. The van der Waals surface area contributed by atoms with E-state index >= 15 is 0 Å². The molecule has 10 heteroatoms. The fourth-order valence-electron chi connectivity index (χ4n) is 4.44. The van der Waals surface area contributed by atoms with Crippen molar-refractivity contribution >= 4 is 45.3 Å². The molecule has 218 valence electrons. The van der Waals surface area contributed by atoms with Gasteiger partial charge >= 0.3 is 12.1 Å². The Morgan fingerprint density at radius 3 is 2.38 bits per heavy atom. The molecule has 4 N–H and O–H groups in total. The number of carbonyl (C=O) groups excluding carboxylic acids is 3. The van der Waals surface area contributed by atoms with E-state index in [2.05, 4.69) is 16.0 Å². The minimum absolute atomic E-state index is 0.154. The molecular weight excluding hydrogens is 554 g/mol. The standard InChI is InChI=1S/C32H33N3O6S/c1-21-18-22(13-14-25(21)31(38)39)15-17-33-29(36)26(35-30(37)28-19-24-10-5-6-12-27(24)42-28)11-7-16-34-32(40)41-20-23-8-3-2-4-9-23/h2-6,8-10,12-14,18-19,26H,7,11,15-17,20H2,1H3,(H,33,36)(H,34,40)(H,35,37)(H,38,39)/t26-/m0/s1. The molecule has 0 bridgehead atoms. The van der Waals surface area contributed by atoms with E-state index in [0.29, 0.717) is 36.2 Å². The third-order valence-electron chi connectivity index (χ3n) is 6.66. The van der Waals surface area contributed by atoms with Gasteiger partial charge in [-0.1, -0.05) is 60.7 Å². The predicted octanol–water partition coefficient (Wildman–Crippen LogP) is 5.07. The molecule has 1 atom stereocenters. The van der Waals surface area contributed by atoms with Crippen molar-refractivity contribution < 1.29 is 29.0 Å². The van der Waals surface area contributed by atoms with Crippen LogP contribution in [0.3, 0.4) is 0 Å². The van der Waals surface area contributed by atoms with Crippen LogP contribution in [0.15, 0.2) is 78.9 Å². The lowest BCUT2D eigenvalue weighted by Crippen LogP contribution is -2.47. The molecular formula is C32H33N3O6S. The zero-order valence-corrected chi connectivity index (χ0v) is 24.0. The minimum Gasteiger partial charge on any atom is -0.478 e. The van der Waals surface area contributed by atoms with Crippen LogP contribution in [0.2, 0.25) is 0 Å². The monoisotopic (exact) mass is 587 g/mol. The summed E-state index contributed by atoms with van der Waals surface area (Å²) in [6.45, 7) is 2.47. The molecule has 9 nitrogen and oxygen atoms in total. The van der Waals surface area contributed by atoms with Crippen LogP contribution in [0.1, 0.15) is 49.6 Å². The van der Waals surface area contributed by atoms with Crippen LogP contribution in [0.25, 0.3) is 10.1 Å². The van der Waals surface area contributed by atoms with Crippen LogP contribution in [-0.4, -0.2) is 48.1 Å². The molecule has 0 saturated carbocycles. The molecule has 42 heavy (non-hydrogen) atoms. The number of alkyl carbamates (subject to hydrolysis) is 1. The molecule has 0 aliphatic heterocycles. The first-order valence-electron chi connectivity index (χ1n) is 13.6. The lowest BCUT2D eigenvalue weighted by atomic mass is 10.0. The highest BCUT2D eigenvalue weighted by Crippen LogP contribution is 2.25. The Bertz CT molecular complexity index is 1520. The zero-order valence-electron chi connectivity index (χ0n) is 23.2. The van der Waals surface area contributed by atoms with Gasteiger partial charge in [0.25, 0.3) is 5.91 Å². The molecule has 0 aliphatic carbocycles. The Hall–Kier alpha value is -4.70. The SMILES string of the molecule is Cc1cc(CCNC(=O)[C@H](CCCNC(=O)OCc2ccccc2)NC(=O)c2cc3ccccc3s2)ccc1C(=O)O. The number of carbonyl (C=O) groups is 4. The first-order chi connectivity index (χ1) is 20.3. The van der Waals surface area contributed by atoms with Crippen LogP contribution < -0.4 is 16.0 Å². The van der Waals surface area contributed by atoms with Crippen LogP contribution in [-0.2, 0) is 22.6 Å². The Labute approximate surface area is 247 Å². The van der Waals surface area contributed by atoms with Gasteiger partial charge in [-0.2, -0.15) is 0 Å². The number of nitrogens with one attached hydrogen (secondary N) is 3. The van der Waals surface area contributed by atoms with Crippen molar-refractivity contribution in [2.24, 2.45) is 0 Å². The van der Waals surface area contributed by atoms with Crippen molar-refractivity contribution in [2.45, 2.75) is 38.8 Å². The topological polar surface area (TPSA) is 134 Å². The minimum atomic E-state index is -0.983. The van der Waals surface area contributed by atoms with Crippen molar-refractivity contribution in [3.63, 3.8) is 0 Å². The summed E-state index contributed by atoms with van der Waals surface area (Å²) in [6, 6.07) is 23.1. The second-order valence-corrected chi connectivity index (χ2v) is 10.9. The van der Waals surface area contributed by atoms with Crippen LogP contribution in [0, 0.1) is 6.92 Å². The van der Waals surface area contributed by atoms with Gasteiger partial charge in [-0.3, -0.25) is 9.59 Å². The highest BCUT2D eigenvalue weighted by molar-refractivity contribution is 7.20. The van der Waals surface area contributed by atoms with E-state index in [4.69, 9.17) is 4.74 Å². The number of fused-ring (bicyclic) bond motifs is 1. The number of ether oxygens (including phenoxy) is 1. The molecule has 0 radical (unpaired) electrons. The zero-order chi connectivity index (χ0) is 29.9. The van der Waals surface area contributed by atoms with Gasteiger partial charge in [-0.05, 0) is 66.5 Å². The van der Waals surface area contributed by atoms with Crippen LogP contribution in [0.5, 0.6) is 0 Å². The normalized spacial score (nSPS) is 11.5. The number of aromatic carboxylic acids is 1. The molecule has 0 spiro atoms. The maximum atomic E-state index is 13.2. The van der Waals surface area contributed by atoms with Gasteiger partial charge in [0.1, 0.15) is 12.6 Å². The maximum absolute atomic E-state index is 13.2. The molecule has 0 saturated heterocycles. The summed E-state index contributed by atoms with van der Waals surface area (Å²) in [6.07, 6.45) is 0.672. The molecule has 0 unspecified atom stereocenters. The lowest BCUT2D eigenvalue weighted by molar-refractivity contribution is -0.123. The molecule has 4 rings (SSSR count). The highest BCUT2D eigenvalue weighted by atomic mass is 32.1. The summed E-state index contributed by atoms with van der Waals surface area (Å²) in [5, 5.41) is 18.6. The summed E-state index contributed by atoms with van der Waals surface area (Å²) in [5.41, 5.74) is 2.65. The summed E-state index contributed by atoms with van der Waals surface area (Å²) in [7, 11) is 0. The number of amides is 3. The number of thiophene rings is 1. The van der Waals surface area contributed by atoms with Gasteiger partial charge in [-0.25, -0.2) is 9.59 Å². The van der Waals surface area contributed by atoms with Gasteiger partial charge in [-0.15, -0.1) is 11.3 Å². The van der Waals surface area contributed by atoms with E-state index in [1.165, 1.54) is 11.3 Å². The highest BCUT2D eigenvalue weighted by Gasteiger charge is 2.22. The van der Waals surface area contributed by atoms with E-state index in [1.54, 1.807) is 31.2 Å². The number of carboxylic acids is 1. The third-order valence-corrected chi connectivity index (χ3v) is 7.77.